The van der Waals surface area contributed by atoms with Gasteiger partial charge in [-0.2, -0.15) is 4.98 Å². The summed E-state index contributed by atoms with van der Waals surface area (Å²) in [5, 5.41) is 3.99. The number of furan rings is 1. The molecule has 0 amide bonds. The lowest BCUT2D eigenvalue weighted by Gasteiger charge is -2.06. The van der Waals surface area contributed by atoms with E-state index in [1.165, 1.54) is 0 Å². The van der Waals surface area contributed by atoms with Gasteiger partial charge < -0.3 is 8.94 Å². The average Bonchev–Trinajstić information content (AvgIpc) is 3.32. The Morgan fingerprint density at radius 2 is 1.76 bits per heavy atom. The minimum atomic E-state index is -3.38. The van der Waals surface area contributed by atoms with Crippen molar-refractivity contribution in [2.24, 2.45) is 0 Å². The van der Waals surface area contributed by atoms with Crippen LogP contribution in [0.2, 0.25) is 0 Å². The zero-order valence-electron chi connectivity index (χ0n) is 16.1. The predicted molar refractivity (Wildman–Crippen MR) is 110 cm³/mol. The van der Waals surface area contributed by atoms with Crippen LogP contribution in [0.25, 0.3) is 23.0 Å². The largest absolute Gasteiger partial charge is 0.455 e. The highest BCUT2D eigenvalue weighted by molar-refractivity contribution is 7.89. The molecule has 148 valence electrons. The number of nitrogens with zero attached hydrogens (tertiary/aromatic N) is 2. The molecule has 0 N–H and O–H groups in total. The van der Waals surface area contributed by atoms with Crippen molar-refractivity contribution < 1.29 is 17.4 Å². The molecule has 0 fully saturated rings. The molecule has 4 rings (SSSR count). The highest BCUT2D eigenvalue weighted by Crippen LogP contribution is 2.26. The van der Waals surface area contributed by atoms with Crippen molar-refractivity contribution in [2.75, 3.05) is 0 Å². The van der Waals surface area contributed by atoms with Crippen LogP contribution in [0.15, 0.2) is 69.6 Å². The molecule has 0 aliphatic rings. The quantitative estimate of drug-likeness (QED) is 0.458. The van der Waals surface area contributed by atoms with Crippen LogP contribution in [0, 0.1) is 13.8 Å². The predicted octanol–water partition coefficient (Wildman–Crippen LogP) is 4.73. The Labute approximate surface area is 169 Å². The first-order chi connectivity index (χ1) is 13.9. The number of hydrogen-bond acceptors (Lipinski definition) is 6. The molecule has 2 aromatic carbocycles. The molecule has 0 saturated carbocycles. The van der Waals surface area contributed by atoms with Gasteiger partial charge in [0, 0.05) is 5.56 Å². The summed E-state index contributed by atoms with van der Waals surface area (Å²) in [7, 11) is -3.38. The highest BCUT2D eigenvalue weighted by Gasteiger charge is 2.19. The molecule has 0 spiro atoms. The van der Waals surface area contributed by atoms with Gasteiger partial charge in [-0.1, -0.05) is 53.2 Å². The van der Waals surface area contributed by atoms with Gasteiger partial charge in [0.1, 0.15) is 11.5 Å². The lowest BCUT2D eigenvalue weighted by atomic mass is 10.1. The van der Waals surface area contributed by atoms with Crippen LogP contribution in [0.3, 0.4) is 0 Å². The Bertz CT molecular complexity index is 1260. The van der Waals surface area contributed by atoms with Crippen molar-refractivity contribution >= 4 is 9.84 Å². The number of sulfone groups is 1. The minimum Gasteiger partial charge on any atom is -0.455 e. The highest BCUT2D eigenvalue weighted by atomic mass is 32.2. The molecular formula is C22H20N2O4S. The van der Waals surface area contributed by atoms with E-state index in [9.17, 15) is 8.42 Å². The Morgan fingerprint density at radius 3 is 2.55 bits per heavy atom. The lowest BCUT2D eigenvalue weighted by molar-refractivity contribution is 0.413. The molecular weight excluding hydrogens is 388 g/mol. The van der Waals surface area contributed by atoms with E-state index >= 15 is 0 Å². The number of aryl methyl sites for hydroxylation is 2. The fourth-order valence-corrected chi connectivity index (χ4v) is 4.56. The van der Waals surface area contributed by atoms with Gasteiger partial charge in [0.15, 0.2) is 15.6 Å². The number of benzene rings is 2. The zero-order valence-corrected chi connectivity index (χ0v) is 16.9. The van der Waals surface area contributed by atoms with E-state index in [0.29, 0.717) is 17.3 Å². The monoisotopic (exact) mass is 408 g/mol. The second-order valence-electron chi connectivity index (χ2n) is 7.02. The third-order valence-corrected chi connectivity index (χ3v) is 6.05. The molecule has 29 heavy (non-hydrogen) atoms. The van der Waals surface area contributed by atoms with Crippen molar-refractivity contribution in [3.8, 4) is 23.0 Å². The maximum absolute atomic E-state index is 12.6. The van der Waals surface area contributed by atoms with E-state index in [2.05, 4.69) is 10.1 Å². The molecule has 0 atom stereocenters. The van der Waals surface area contributed by atoms with Crippen molar-refractivity contribution in [3.63, 3.8) is 0 Å². The summed E-state index contributed by atoms with van der Waals surface area (Å²) in [5.41, 5.74) is 3.67. The third kappa shape index (κ3) is 4.46. The van der Waals surface area contributed by atoms with Crippen LogP contribution in [0.4, 0.5) is 0 Å². The average molecular weight is 408 g/mol. The first-order valence-corrected chi connectivity index (χ1v) is 11.0. The van der Waals surface area contributed by atoms with Crippen molar-refractivity contribution in [1.29, 1.82) is 0 Å². The first kappa shape index (κ1) is 19.1. The fourth-order valence-electron chi connectivity index (χ4n) is 3.07. The van der Waals surface area contributed by atoms with Gasteiger partial charge in [-0.3, -0.25) is 0 Å². The molecule has 0 aliphatic carbocycles. The van der Waals surface area contributed by atoms with Crippen LogP contribution >= 0.6 is 0 Å². The molecule has 0 aliphatic heterocycles. The SMILES string of the molecule is Cc1cccc(-c2noc(-c3ccc(CS(=O)(=O)Cc4ccccc4C)o3)n2)c1. The molecule has 6 nitrogen and oxygen atoms in total. The van der Waals surface area contributed by atoms with E-state index < -0.39 is 9.84 Å². The van der Waals surface area contributed by atoms with Gasteiger partial charge in [-0.25, -0.2) is 8.42 Å². The first-order valence-electron chi connectivity index (χ1n) is 9.14. The van der Waals surface area contributed by atoms with Gasteiger partial charge in [0.2, 0.25) is 5.82 Å². The smallest absolute Gasteiger partial charge is 0.293 e. The van der Waals surface area contributed by atoms with Crippen LogP contribution in [-0.4, -0.2) is 18.6 Å². The topological polar surface area (TPSA) is 86.2 Å². The van der Waals surface area contributed by atoms with E-state index in [0.717, 1.165) is 22.3 Å². The molecule has 2 aromatic heterocycles. The molecule has 0 unspecified atom stereocenters. The summed E-state index contributed by atoms with van der Waals surface area (Å²) >= 11 is 0. The molecule has 0 bridgehead atoms. The molecule has 0 saturated heterocycles. The second kappa shape index (κ2) is 7.67. The van der Waals surface area contributed by atoms with Crippen molar-refractivity contribution in [1.82, 2.24) is 10.1 Å². The van der Waals surface area contributed by atoms with Gasteiger partial charge in [-0.05, 0) is 43.2 Å². The van der Waals surface area contributed by atoms with Crippen LogP contribution in [-0.2, 0) is 21.3 Å². The van der Waals surface area contributed by atoms with E-state index in [1.54, 1.807) is 12.1 Å². The van der Waals surface area contributed by atoms with E-state index in [4.69, 9.17) is 8.94 Å². The fraction of sp³-hybridized carbons (Fsp3) is 0.182. The minimum absolute atomic E-state index is 0.0340. The van der Waals surface area contributed by atoms with Gasteiger partial charge in [-0.15, -0.1) is 0 Å². The number of hydrogen-bond donors (Lipinski definition) is 0. The summed E-state index contributed by atoms with van der Waals surface area (Å²) in [4.78, 5) is 4.36. The van der Waals surface area contributed by atoms with Gasteiger partial charge in [0.25, 0.3) is 5.89 Å². The Balaban J connectivity index is 1.51. The Morgan fingerprint density at radius 1 is 0.931 bits per heavy atom. The van der Waals surface area contributed by atoms with E-state index in [1.807, 2.05) is 62.4 Å². The number of rotatable bonds is 6. The van der Waals surface area contributed by atoms with Crippen LogP contribution in [0.5, 0.6) is 0 Å². The Hall–Kier alpha value is -3.19. The van der Waals surface area contributed by atoms with Gasteiger partial charge >= 0.3 is 0 Å². The lowest BCUT2D eigenvalue weighted by Crippen LogP contribution is -2.08. The normalized spacial score (nSPS) is 11.7. The summed E-state index contributed by atoms with van der Waals surface area (Å²) in [6.45, 7) is 3.89. The van der Waals surface area contributed by atoms with Crippen LogP contribution < -0.4 is 0 Å². The zero-order chi connectivity index (χ0) is 20.4. The number of aromatic nitrogens is 2. The summed E-state index contributed by atoms with van der Waals surface area (Å²) in [6.07, 6.45) is 0. The van der Waals surface area contributed by atoms with Crippen molar-refractivity contribution in [2.45, 2.75) is 25.4 Å². The molecule has 2 heterocycles. The summed E-state index contributed by atoms with van der Waals surface area (Å²) in [6, 6.07) is 18.5. The second-order valence-corrected chi connectivity index (χ2v) is 9.08. The standard InChI is InChI=1S/C22H20N2O4S/c1-15-6-5-9-17(12-15)21-23-22(28-24-21)20-11-10-19(27-20)14-29(25,26)13-18-8-4-3-7-16(18)2/h3-12H,13-14H2,1-2H3. The van der Waals surface area contributed by atoms with Gasteiger partial charge in [0.05, 0.1) is 5.75 Å². The summed E-state index contributed by atoms with van der Waals surface area (Å²) < 4.78 is 36.1. The molecule has 0 radical (unpaired) electrons. The van der Waals surface area contributed by atoms with E-state index in [-0.39, 0.29) is 17.4 Å². The maximum Gasteiger partial charge on any atom is 0.293 e. The Kier molecular flexibility index (Phi) is 5.07. The van der Waals surface area contributed by atoms with Crippen molar-refractivity contribution in [3.05, 3.63) is 83.1 Å². The molecule has 4 aromatic rings. The summed E-state index contributed by atoms with van der Waals surface area (Å²) in [5.74, 6) is 1.12. The maximum atomic E-state index is 12.6. The van der Waals surface area contributed by atoms with Crippen LogP contribution in [0.1, 0.15) is 22.5 Å². The third-order valence-electron chi connectivity index (χ3n) is 4.57. The molecule has 7 heteroatoms.